The van der Waals surface area contributed by atoms with E-state index in [9.17, 15) is 24.3 Å². The quantitative estimate of drug-likeness (QED) is 0.172. The monoisotopic (exact) mass is 432 g/mol. The summed E-state index contributed by atoms with van der Waals surface area (Å²) in [5.41, 5.74) is 4.68. The second-order valence-corrected chi connectivity index (χ2v) is 6.93. The van der Waals surface area contributed by atoms with Crippen LogP contribution >= 0.6 is 11.8 Å². The molecule has 2 aliphatic rings. The van der Waals surface area contributed by atoms with Crippen molar-refractivity contribution in [1.82, 2.24) is 10.2 Å². The molecule has 14 heteroatoms. The van der Waals surface area contributed by atoms with Crippen LogP contribution in [-0.2, 0) is 24.0 Å². The van der Waals surface area contributed by atoms with Crippen molar-refractivity contribution in [3.05, 3.63) is 35.4 Å². The number of furan rings is 1. The van der Waals surface area contributed by atoms with Gasteiger partial charge in [-0.25, -0.2) is 9.59 Å². The van der Waals surface area contributed by atoms with Crippen LogP contribution in [0.25, 0.3) is 0 Å². The summed E-state index contributed by atoms with van der Waals surface area (Å²) in [6.45, 7) is -0.347. The summed E-state index contributed by atoms with van der Waals surface area (Å²) in [6, 6.07) is 2.08. The van der Waals surface area contributed by atoms with E-state index in [2.05, 4.69) is 20.0 Å². The van der Waals surface area contributed by atoms with Gasteiger partial charge in [-0.2, -0.15) is 0 Å². The molecular formula is C16H17LiN4O8S. The van der Waals surface area contributed by atoms with Crippen LogP contribution in [-0.4, -0.2) is 70.5 Å². The first-order valence-electron chi connectivity index (χ1n) is 8.13. The molecule has 0 unspecified atom stereocenters. The summed E-state index contributed by atoms with van der Waals surface area (Å²) in [5.74, 6) is -2.38. The average molecular weight is 432 g/mol. The van der Waals surface area contributed by atoms with E-state index in [0.717, 1.165) is 4.90 Å². The molecule has 1 fully saturated rings. The average Bonchev–Trinajstić information content (AvgIpc) is 3.21. The third kappa shape index (κ3) is 4.48. The van der Waals surface area contributed by atoms with Gasteiger partial charge >= 0.3 is 30.9 Å². The number of fused-ring (bicyclic) bond motifs is 1. The fourth-order valence-electron chi connectivity index (χ4n) is 2.87. The SMILES string of the molecule is CON=C(C(=O)N[C@@H]1C(=O)N2C(C(=O)O)=C(COC(N)=O)CS[C@H]12)c1ccco1.[H-].[Li+]. The third-order valence-electron chi connectivity index (χ3n) is 4.08. The summed E-state index contributed by atoms with van der Waals surface area (Å²) >= 11 is 1.21. The number of hydrogen-bond donors (Lipinski definition) is 3. The summed E-state index contributed by atoms with van der Waals surface area (Å²) in [4.78, 5) is 53.3. The smallest absolute Gasteiger partial charge is 1.00 e. The van der Waals surface area contributed by atoms with Gasteiger partial charge in [0.15, 0.2) is 5.76 Å². The number of ether oxygens (including phenoxy) is 1. The van der Waals surface area contributed by atoms with Gasteiger partial charge in [0.2, 0.25) is 5.71 Å². The van der Waals surface area contributed by atoms with Gasteiger partial charge in [0.25, 0.3) is 11.8 Å². The molecular weight excluding hydrogens is 415 g/mol. The summed E-state index contributed by atoms with van der Waals surface area (Å²) in [7, 11) is 1.25. The van der Waals surface area contributed by atoms with Gasteiger partial charge in [0, 0.05) is 11.3 Å². The molecule has 0 spiro atoms. The third-order valence-corrected chi connectivity index (χ3v) is 5.42. The predicted molar refractivity (Wildman–Crippen MR) is 98.6 cm³/mol. The molecule has 1 saturated heterocycles. The number of amides is 3. The van der Waals surface area contributed by atoms with Gasteiger partial charge in [-0.3, -0.25) is 14.5 Å². The molecule has 0 aromatic carbocycles. The minimum atomic E-state index is -1.35. The van der Waals surface area contributed by atoms with E-state index in [-0.39, 0.29) is 55.4 Å². The minimum absolute atomic E-state index is 0. The van der Waals surface area contributed by atoms with Crippen LogP contribution in [0, 0.1) is 0 Å². The number of thioether (sulfide) groups is 1. The number of β-lactam (4-membered cyclic amide) rings is 1. The molecule has 156 valence electrons. The van der Waals surface area contributed by atoms with Gasteiger partial charge in [-0.15, -0.1) is 11.8 Å². The van der Waals surface area contributed by atoms with Crippen LogP contribution in [0.15, 0.2) is 39.2 Å². The molecule has 12 nitrogen and oxygen atoms in total. The Bertz CT molecular complexity index is 923. The number of primary amides is 1. The van der Waals surface area contributed by atoms with Crippen LogP contribution in [0.3, 0.4) is 0 Å². The zero-order valence-corrected chi connectivity index (χ0v) is 16.8. The van der Waals surface area contributed by atoms with E-state index < -0.39 is 35.3 Å². The molecule has 2 atom stereocenters. The Morgan fingerprint density at radius 2 is 2.23 bits per heavy atom. The Balaban J connectivity index is 0.00000240. The zero-order chi connectivity index (χ0) is 21.1. The fourth-order valence-corrected chi connectivity index (χ4v) is 4.19. The number of aliphatic carboxylic acids is 1. The van der Waals surface area contributed by atoms with Gasteiger partial charge in [-0.05, 0) is 12.1 Å². The molecule has 0 saturated carbocycles. The van der Waals surface area contributed by atoms with E-state index in [1.165, 1.54) is 31.2 Å². The Labute approximate surface area is 187 Å². The number of nitrogens with two attached hydrogens (primary N) is 1. The fraction of sp³-hybridized carbons (Fsp3) is 0.312. The Morgan fingerprint density at radius 1 is 1.50 bits per heavy atom. The van der Waals surface area contributed by atoms with Crippen molar-refractivity contribution >= 4 is 41.4 Å². The van der Waals surface area contributed by atoms with Crippen molar-refractivity contribution in [2.24, 2.45) is 10.9 Å². The first-order valence-corrected chi connectivity index (χ1v) is 9.18. The summed E-state index contributed by atoms with van der Waals surface area (Å²) in [5, 5.41) is 15.0. The minimum Gasteiger partial charge on any atom is -1.00 e. The molecule has 1 aromatic rings. The van der Waals surface area contributed by atoms with E-state index in [1.807, 2.05) is 0 Å². The number of oxime groups is 1. The topological polar surface area (TPSA) is 174 Å². The van der Waals surface area contributed by atoms with Gasteiger partial charge in [0.1, 0.15) is 30.8 Å². The number of carboxylic acids is 1. The normalized spacial score (nSPS) is 20.5. The number of carbonyl (C=O) groups is 4. The van der Waals surface area contributed by atoms with Crippen molar-refractivity contribution in [2.75, 3.05) is 19.5 Å². The molecule has 2 aliphatic heterocycles. The second kappa shape index (κ2) is 9.75. The standard InChI is InChI=1S/C16H16N4O8S.Li.H/c1-26-19-9(8-3-2-4-27-8)12(21)18-10-13(22)20-11(15(23)24)7(5-28-16(17)25)6-29-14(10)20;;/h2-4,10,14H,5-6H2,1H3,(H2,17,25)(H,18,21)(H,23,24);;/q;+1;-1/t10-,14-;;/m1../s1. The van der Waals surface area contributed by atoms with Gasteiger partial charge in [0.05, 0.1) is 6.26 Å². The maximum Gasteiger partial charge on any atom is 1.00 e. The predicted octanol–water partition coefficient (Wildman–Crippen LogP) is -3.42. The number of hydrogen-bond acceptors (Lipinski definition) is 9. The van der Waals surface area contributed by atoms with Crippen LogP contribution in [0.2, 0.25) is 0 Å². The molecule has 3 heterocycles. The number of carboxylic acid groups (broad SMARTS) is 1. The molecule has 0 bridgehead atoms. The number of nitrogens with one attached hydrogen (secondary N) is 1. The van der Waals surface area contributed by atoms with Crippen LogP contribution in [0.4, 0.5) is 4.79 Å². The van der Waals surface area contributed by atoms with Crippen molar-refractivity contribution < 1.29 is 58.6 Å². The Kier molecular flexibility index (Phi) is 7.60. The van der Waals surface area contributed by atoms with Gasteiger partial charge < -0.3 is 31.6 Å². The molecule has 3 rings (SSSR count). The second-order valence-electron chi connectivity index (χ2n) is 5.83. The zero-order valence-electron chi connectivity index (χ0n) is 17.0. The van der Waals surface area contributed by atoms with Crippen LogP contribution < -0.4 is 29.9 Å². The van der Waals surface area contributed by atoms with E-state index in [1.54, 1.807) is 6.07 Å². The largest absolute Gasteiger partial charge is 1.00 e. The molecule has 1 aromatic heterocycles. The first-order chi connectivity index (χ1) is 13.8. The van der Waals surface area contributed by atoms with Crippen LogP contribution in [0.1, 0.15) is 7.19 Å². The summed E-state index contributed by atoms with van der Waals surface area (Å²) in [6.07, 6.45) is 0.290. The van der Waals surface area contributed by atoms with E-state index in [0.29, 0.717) is 0 Å². The number of rotatable bonds is 7. The molecule has 0 aliphatic carbocycles. The first kappa shape index (κ1) is 23.4. The van der Waals surface area contributed by atoms with Gasteiger partial charge in [-0.1, -0.05) is 5.16 Å². The van der Waals surface area contributed by atoms with Crippen molar-refractivity contribution in [1.29, 1.82) is 0 Å². The number of nitrogens with zero attached hydrogens (tertiary/aromatic N) is 2. The summed E-state index contributed by atoms with van der Waals surface area (Å²) < 4.78 is 9.79. The Morgan fingerprint density at radius 3 is 2.80 bits per heavy atom. The van der Waals surface area contributed by atoms with Crippen molar-refractivity contribution in [3.8, 4) is 0 Å². The van der Waals surface area contributed by atoms with Crippen LogP contribution in [0.5, 0.6) is 0 Å². The maximum absolute atomic E-state index is 12.6. The maximum atomic E-state index is 12.6. The number of carbonyl (C=O) groups excluding carboxylic acids is 3. The molecule has 0 radical (unpaired) electrons. The van der Waals surface area contributed by atoms with Crippen molar-refractivity contribution in [2.45, 2.75) is 11.4 Å². The molecule has 30 heavy (non-hydrogen) atoms. The van der Waals surface area contributed by atoms with E-state index >= 15 is 0 Å². The molecule has 3 amide bonds. The van der Waals surface area contributed by atoms with Crippen molar-refractivity contribution in [3.63, 3.8) is 0 Å². The Hall–Kier alpha value is -2.88. The van der Waals surface area contributed by atoms with E-state index in [4.69, 9.17) is 10.2 Å². The molecule has 4 N–H and O–H groups in total.